The fourth-order valence-corrected chi connectivity index (χ4v) is 8.53. The Morgan fingerprint density at radius 3 is 1.70 bits per heavy atom. The number of rotatable bonds is 7. The Morgan fingerprint density at radius 2 is 1.04 bits per heavy atom. The summed E-state index contributed by atoms with van der Waals surface area (Å²) in [5.74, 6) is 1.02. The van der Waals surface area contributed by atoms with Crippen molar-refractivity contribution in [1.29, 1.82) is 0 Å². The zero-order valence-electron chi connectivity index (χ0n) is 30.0. The average Bonchev–Trinajstić information content (AvgIpc) is 3.65. The molecule has 0 aromatic heterocycles. The summed E-state index contributed by atoms with van der Waals surface area (Å²) in [6.07, 6.45) is 9.16. The first kappa shape index (κ1) is 32.0. The van der Waals surface area contributed by atoms with Crippen LogP contribution in [0.4, 0.5) is 17.1 Å². The third-order valence-corrected chi connectivity index (χ3v) is 11.1. The number of hydrogen-bond acceptors (Lipinski definition) is 2. The summed E-state index contributed by atoms with van der Waals surface area (Å²) < 4.78 is 6.96. The van der Waals surface area contributed by atoms with Crippen molar-refractivity contribution in [3.05, 3.63) is 222 Å². The molecule has 10 rings (SSSR count). The Morgan fingerprint density at radius 1 is 0.481 bits per heavy atom. The van der Waals surface area contributed by atoms with Gasteiger partial charge in [-0.3, -0.25) is 0 Å². The maximum Gasteiger partial charge on any atom is 0.135 e. The summed E-state index contributed by atoms with van der Waals surface area (Å²) in [5.41, 5.74) is 17.1. The molecule has 2 nitrogen and oxygen atoms in total. The van der Waals surface area contributed by atoms with E-state index in [9.17, 15) is 0 Å². The van der Waals surface area contributed by atoms with Crippen LogP contribution in [0.2, 0.25) is 0 Å². The van der Waals surface area contributed by atoms with Crippen LogP contribution in [-0.2, 0) is 0 Å². The molecule has 2 unspecified atom stereocenters. The number of fused-ring (bicyclic) bond motifs is 4. The van der Waals surface area contributed by atoms with Crippen LogP contribution in [0.3, 0.4) is 0 Å². The Hall–Kier alpha value is -6.64. The van der Waals surface area contributed by atoms with E-state index in [1.807, 2.05) is 0 Å². The van der Waals surface area contributed by atoms with Crippen molar-refractivity contribution in [3.63, 3.8) is 0 Å². The van der Waals surface area contributed by atoms with E-state index in [-0.39, 0.29) is 12.0 Å². The molecule has 0 N–H and O–H groups in total. The molecule has 7 aromatic carbocycles. The third-order valence-electron chi connectivity index (χ3n) is 11.1. The number of benzene rings is 7. The summed E-state index contributed by atoms with van der Waals surface area (Å²) in [5, 5.41) is 0. The molecule has 2 atom stereocenters. The molecule has 2 aliphatic carbocycles. The molecule has 258 valence electrons. The molecular formula is C52H39NO. The minimum Gasteiger partial charge on any atom is -0.484 e. The molecule has 2 heteroatoms. The van der Waals surface area contributed by atoms with Crippen molar-refractivity contribution in [1.82, 2.24) is 0 Å². The van der Waals surface area contributed by atoms with Gasteiger partial charge < -0.3 is 9.64 Å². The number of nitrogens with zero attached hydrogens (tertiary/aromatic N) is 1. The Balaban J connectivity index is 1.09. The second kappa shape index (κ2) is 13.7. The summed E-state index contributed by atoms with van der Waals surface area (Å²) >= 11 is 0. The molecule has 0 spiro atoms. The highest BCUT2D eigenvalue weighted by Gasteiger charge is 2.42. The smallest absolute Gasteiger partial charge is 0.135 e. The fraction of sp³-hybridized carbons (Fsp3) is 0.0769. The van der Waals surface area contributed by atoms with E-state index in [0.717, 1.165) is 35.7 Å². The Bertz CT molecular complexity index is 2550. The van der Waals surface area contributed by atoms with E-state index in [1.165, 1.54) is 61.2 Å². The van der Waals surface area contributed by atoms with Crippen molar-refractivity contribution in [3.8, 4) is 39.1 Å². The lowest BCUT2D eigenvalue weighted by atomic mass is 9.75. The van der Waals surface area contributed by atoms with Crippen LogP contribution in [0.1, 0.15) is 29.9 Å². The van der Waals surface area contributed by atoms with Gasteiger partial charge in [0.05, 0.1) is 5.69 Å². The van der Waals surface area contributed by atoms with Crippen LogP contribution in [0.5, 0.6) is 5.75 Å². The second-order valence-electron chi connectivity index (χ2n) is 14.3. The van der Waals surface area contributed by atoms with Crippen LogP contribution >= 0.6 is 0 Å². The number of allylic oxidation sites excluding steroid dienone is 3. The van der Waals surface area contributed by atoms with E-state index in [0.29, 0.717) is 0 Å². The van der Waals surface area contributed by atoms with Crippen molar-refractivity contribution >= 4 is 22.6 Å². The predicted octanol–water partition coefficient (Wildman–Crippen LogP) is 13.7. The molecule has 3 aliphatic rings. The van der Waals surface area contributed by atoms with Gasteiger partial charge in [-0.25, -0.2) is 0 Å². The quantitative estimate of drug-likeness (QED) is 0.165. The third kappa shape index (κ3) is 5.77. The molecule has 0 bridgehead atoms. The summed E-state index contributed by atoms with van der Waals surface area (Å²) in [7, 11) is 0. The second-order valence-corrected chi connectivity index (χ2v) is 14.3. The topological polar surface area (TPSA) is 12.5 Å². The summed E-state index contributed by atoms with van der Waals surface area (Å²) in [4.78, 5) is 2.43. The van der Waals surface area contributed by atoms with Gasteiger partial charge in [-0.05, 0) is 105 Å². The van der Waals surface area contributed by atoms with Crippen molar-refractivity contribution in [2.45, 2.75) is 24.9 Å². The van der Waals surface area contributed by atoms with E-state index in [2.05, 4.69) is 205 Å². The molecule has 0 amide bonds. The molecule has 0 saturated carbocycles. The van der Waals surface area contributed by atoms with Crippen LogP contribution in [0, 0.1) is 0 Å². The predicted molar refractivity (Wildman–Crippen MR) is 224 cm³/mol. The van der Waals surface area contributed by atoms with Crippen molar-refractivity contribution in [2.75, 3.05) is 4.90 Å². The lowest BCUT2D eigenvalue weighted by Crippen LogP contribution is -2.26. The van der Waals surface area contributed by atoms with Gasteiger partial charge in [-0.2, -0.15) is 0 Å². The van der Waals surface area contributed by atoms with Crippen LogP contribution in [0.15, 0.2) is 211 Å². The van der Waals surface area contributed by atoms with Gasteiger partial charge in [0.1, 0.15) is 11.9 Å². The van der Waals surface area contributed by atoms with Gasteiger partial charge in [0.15, 0.2) is 0 Å². The normalized spacial score (nSPS) is 16.9. The highest BCUT2D eigenvalue weighted by molar-refractivity contribution is 5.88. The number of anilines is 3. The zero-order valence-corrected chi connectivity index (χ0v) is 30.0. The lowest BCUT2D eigenvalue weighted by Gasteiger charge is -2.32. The van der Waals surface area contributed by atoms with Crippen molar-refractivity contribution in [2.24, 2.45) is 0 Å². The molecule has 7 aromatic rings. The number of ether oxygens (including phenoxy) is 1. The molecule has 1 aliphatic heterocycles. The maximum absolute atomic E-state index is 6.96. The summed E-state index contributed by atoms with van der Waals surface area (Å²) in [6, 6.07) is 65.5. The average molecular weight is 694 g/mol. The highest BCUT2D eigenvalue weighted by atomic mass is 16.5. The molecule has 0 saturated heterocycles. The summed E-state index contributed by atoms with van der Waals surface area (Å²) in [6.45, 7) is 0. The highest BCUT2D eigenvalue weighted by Crippen LogP contribution is 2.55. The van der Waals surface area contributed by atoms with Crippen molar-refractivity contribution < 1.29 is 4.74 Å². The molecular weight excluding hydrogens is 655 g/mol. The van der Waals surface area contributed by atoms with Gasteiger partial charge in [-0.15, -0.1) is 0 Å². The molecule has 0 radical (unpaired) electrons. The maximum atomic E-state index is 6.96. The Kier molecular flexibility index (Phi) is 8.15. The minimum atomic E-state index is -0.0566. The molecule has 1 heterocycles. The van der Waals surface area contributed by atoms with Gasteiger partial charge >= 0.3 is 0 Å². The minimum absolute atomic E-state index is 0.0566. The first-order valence-corrected chi connectivity index (χ1v) is 19.0. The van der Waals surface area contributed by atoms with E-state index >= 15 is 0 Å². The van der Waals surface area contributed by atoms with Gasteiger partial charge in [0.2, 0.25) is 0 Å². The lowest BCUT2D eigenvalue weighted by molar-refractivity contribution is 0.258. The SMILES string of the molecule is C1=CC2=C(CC1)C(c1ccccc1)=CC1c3c(cccc3N(c3ccc(-c4ccc(-c5ccccc5)cc4)cc3)c3cccc(-c4ccccc4)c3)OC21. The van der Waals surface area contributed by atoms with Crippen LogP contribution in [0.25, 0.3) is 39.0 Å². The van der Waals surface area contributed by atoms with Gasteiger partial charge in [0.25, 0.3) is 0 Å². The van der Waals surface area contributed by atoms with Crippen LogP contribution < -0.4 is 9.64 Å². The van der Waals surface area contributed by atoms with Gasteiger partial charge in [-0.1, -0.05) is 164 Å². The van der Waals surface area contributed by atoms with Gasteiger partial charge in [0, 0.05) is 22.9 Å². The fourth-order valence-electron chi connectivity index (χ4n) is 8.53. The van der Waals surface area contributed by atoms with E-state index in [4.69, 9.17) is 4.74 Å². The van der Waals surface area contributed by atoms with Crippen LogP contribution in [-0.4, -0.2) is 6.10 Å². The Labute approximate surface area is 317 Å². The monoisotopic (exact) mass is 693 g/mol. The number of hydrogen-bond donors (Lipinski definition) is 0. The molecule has 0 fully saturated rings. The first-order chi connectivity index (χ1) is 26.8. The van der Waals surface area contributed by atoms with E-state index in [1.54, 1.807) is 0 Å². The largest absolute Gasteiger partial charge is 0.484 e. The first-order valence-electron chi connectivity index (χ1n) is 19.0. The standard InChI is InChI=1S/C52H39NO/c1-4-14-36(15-5-1)38-26-28-39(29-27-38)40-30-32-43(33-31-40)53(44-21-12-20-42(34-44)37-16-6-2-7-17-37)49-24-13-25-50-51(49)48-35-47(41-18-8-3-9-19-41)45-22-10-11-23-46(45)52(48)54-50/h1-9,11-21,23-35,48,52H,10,22H2. The van der Waals surface area contributed by atoms with E-state index < -0.39 is 0 Å². The molecule has 54 heavy (non-hydrogen) atoms. The zero-order chi connectivity index (χ0) is 35.8.